The molecule has 4 rings (SSSR count). The van der Waals surface area contributed by atoms with Crippen molar-refractivity contribution in [3.05, 3.63) is 82.1 Å². The molecule has 1 atom stereocenters. The van der Waals surface area contributed by atoms with Gasteiger partial charge in [0.15, 0.2) is 0 Å². The molecule has 7 nitrogen and oxygen atoms in total. The third-order valence-corrected chi connectivity index (χ3v) is 8.62. The highest BCUT2D eigenvalue weighted by Crippen LogP contribution is 2.41. The molecule has 0 aromatic heterocycles. The highest BCUT2D eigenvalue weighted by molar-refractivity contribution is 7.92. The van der Waals surface area contributed by atoms with Crippen molar-refractivity contribution in [2.45, 2.75) is 44.3 Å². The van der Waals surface area contributed by atoms with Crippen LogP contribution in [0.2, 0.25) is 5.02 Å². The molecule has 0 amide bonds. The zero-order valence-corrected chi connectivity index (χ0v) is 23.9. The first kappa shape index (κ1) is 30.3. The number of sulfonamides is 1. The summed E-state index contributed by atoms with van der Waals surface area (Å²) in [5.41, 5.74) is 2.19. The largest absolute Gasteiger partial charge is 0.486 e. The second kappa shape index (κ2) is 12.4. The Morgan fingerprint density at radius 3 is 2.61 bits per heavy atom. The van der Waals surface area contributed by atoms with E-state index in [1.54, 1.807) is 38.1 Å². The van der Waals surface area contributed by atoms with Gasteiger partial charge in [0, 0.05) is 18.1 Å². The number of fused-ring (bicyclic) bond motifs is 1. The molecule has 0 unspecified atom stereocenters. The fraction of sp³-hybridized carbons (Fsp3) is 0.276. The zero-order valence-electron chi connectivity index (χ0n) is 22.4. The maximum absolute atomic E-state index is 14.6. The SMILES string of the molecule is COC(=O)CC[C@H]1CN(S(=O)(=O)c2cccc(OC(F)F)c2)c2cc(/C=C(\C)c3c(F)cccc3Cl)c(C)cc2O1. The van der Waals surface area contributed by atoms with Crippen LogP contribution >= 0.6 is 11.6 Å². The van der Waals surface area contributed by atoms with E-state index in [1.807, 2.05) is 0 Å². The molecule has 0 spiro atoms. The number of anilines is 1. The van der Waals surface area contributed by atoms with Crippen LogP contribution in [-0.2, 0) is 19.6 Å². The van der Waals surface area contributed by atoms with Gasteiger partial charge in [0.1, 0.15) is 23.4 Å². The molecule has 1 heterocycles. The highest BCUT2D eigenvalue weighted by Gasteiger charge is 2.35. The van der Waals surface area contributed by atoms with Gasteiger partial charge in [-0.25, -0.2) is 12.8 Å². The summed E-state index contributed by atoms with van der Waals surface area (Å²) in [5.74, 6) is -1.06. The summed E-state index contributed by atoms with van der Waals surface area (Å²) in [6, 6.07) is 12.4. The number of esters is 1. The number of hydrogen-bond donors (Lipinski definition) is 0. The monoisotopic (exact) mass is 609 g/mol. The number of allylic oxidation sites excluding steroid dienone is 1. The quantitative estimate of drug-likeness (QED) is 0.195. The number of rotatable bonds is 9. The standard InChI is InChI=1S/C29H27ClF3NO6S/c1-17-13-26-25(14-19(17)12-18(2)28-23(30)8-5-9-24(28)31)34(16-21(39-26)10-11-27(35)38-3)41(36,37)22-7-4-6-20(15-22)40-29(32)33/h4-9,12-15,21,29H,10-11,16H2,1-3H3/b18-12+/t21-/m0/s1. The van der Waals surface area contributed by atoms with Crippen LogP contribution in [0.5, 0.6) is 11.5 Å². The molecule has 12 heteroatoms. The van der Waals surface area contributed by atoms with Crippen molar-refractivity contribution in [2.75, 3.05) is 18.0 Å². The van der Waals surface area contributed by atoms with Crippen molar-refractivity contribution in [3.8, 4) is 11.5 Å². The minimum Gasteiger partial charge on any atom is -0.486 e. The molecule has 0 radical (unpaired) electrons. The Morgan fingerprint density at radius 2 is 1.93 bits per heavy atom. The van der Waals surface area contributed by atoms with E-state index < -0.39 is 34.5 Å². The number of benzene rings is 3. The van der Waals surface area contributed by atoms with E-state index in [-0.39, 0.29) is 52.1 Å². The van der Waals surface area contributed by atoms with Gasteiger partial charge in [-0.1, -0.05) is 29.8 Å². The third kappa shape index (κ3) is 6.79. The Labute approximate surface area is 241 Å². The Kier molecular flexibility index (Phi) is 9.18. The van der Waals surface area contributed by atoms with E-state index in [0.29, 0.717) is 16.7 Å². The molecule has 0 saturated carbocycles. The molecule has 1 aliphatic heterocycles. The Morgan fingerprint density at radius 1 is 1.20 bits per heavy atom. The second-order valence-electron chi connectivity index (χ2n) is 9.34. The van der Waals surface area contributed by atoms with Crippen molar-refractivity contribution >= 4 is 44.9 Å². The number of hydrogen-bond acceptors (Lipinski definition) is 6. The number of methoxy groups -OCH3 is 1. The van der Waals surface area contributed by atoms with Gasteiger partial charge in [-0.2, -0.15) is 8.78 Å². The lowest BCUT2D eigenvalue weighted by molar-refractivity contribution is -0.141. The molecule has 41 heavy (non-hydrogen) atoms. The van der Waals surface area contributed by atoms with Crippen LogP contribution in [0.4, 0.5) is 18.9 Å². The van der Waals surface area contributed by atoms with Gasteiger partial charge >= 0.3 is 12.6 Å². The average Bonchev–Trinajstić information content (AvgIpc) is 2.91. The fourth-order valence-corrected chi connectivity index (χ4v) is 6.35. The Hall–Kier alpha value is -3.70. The van der Waals surface area contributed by atoms with Gasteiger partial charge < -0.3 is 14.2 Å². The van der Waals surface area contributed by atoms with Crippen molar-refractivity contribution in [1.29, 1.82) is 0 Å². The second-order valence-corrected chi connectivity index (χ2v) is 11.6. The number of ether oxygens (including phenoxy) is 3. The van der Waals surface area contributed by atoms with E-state index in [0.717, 1.165) is 10.4 Å². The minimum atomic E-state index is -4.32. The van der Waals surface area contributed by atoms with E-state index in [4.69, 9.17) is 21.1 Å². The van der Waals surface area contributed by atoms with Gasteiger partial charge in [-0.05, 0) is 73.4 Å². The van der Waals surface area contributed by atoms with Crippen molar-refractivity contribution < 1.29 is 40.6 Å². The van der Waals surface area contributed by atoms with Gasteiger partial charge in [0.05, 0.1) is 29.3 Å². The predicted molar refractivity (Wildman–Crippen MR) is 149 cm³/mol. The smallest absolute Gasteiger partial charge is 0.387 e. The number of carbonyl (C=O) groups excluding carboxylic acids is 1. The molecule has 0 fully saturated rings. The Bertz CT molecular complexity index is 1580. The number of nitrogens with zero attached hydrogens (tertiary/aromatic N) is 1. The van der Waals surface area contributed by atoms with Gasteiger partial charge in [0.25, 0.3) is 10.0 Å². The summed E-state index contributed by atoms with van der Waals surface area (Å²) in [4.78, 5) is 11.5. The summed E-state index contributed by atoms with van der Waals surface area (Å²) in [7, 11) is -3.07. The maximum atomic E-state index is 14.6. The first-order valence-electron chi connectivity index (χ1n) is 12.5. The molecular formula is C29H27ClF3NO6S. The van der Waals surface area contributed by atoms with Crippen molar-refractivity contribution in [3.63, 3.8) is 0 Å². The van der Waals surface area contributed by atoms with E-state index in [2.05, 4.69) is 4.74 Å². The molecular weight excluding hydrogens is 583 g/mol. The molecule has 1 aliphatic rings. The summed E-state index contributed by atoms with van der Waals surface area (Å²) in [5, 5.41) is 0.223. The van der Waals surface area contributed by atoms with E-state index >= 15 is 0 Å². The topological polar surface area (TPSA) is 82.1 Å². The lowest BCUT2D eigenvalue weighted by Crippen LogP contribution is -2.43. The molecule has 0 saturated heterocycles. The van der Waals surface area contributed by atoms with Crippen LogP contribution in [0.25, 0.3) is 11.6 Å². The molecule has 0 N–H and O–H groups in total. The third-order valence-electron chi connectivity index (χ3n) is 6.53. The maximum Gasteiger partial charge on any atom is 0.387 e. The first-order chi connectivity index (χ1) is 19.4. The van der Waals surface area contributed by atoms with Crippen molar-refractivity contribution in [1.82, 2.24) is 0 Å². The van der Waals surface area contributed by atoms with Gasteiger partial charge in [-0.3, -0.25) is 9.10 Å². The molecule has 0 aliphatic carbocycles. The number of alkyl halides is 2. The molecule has 0 bridgehead atoms. The lowest BCUT2D eigenvalue weighted by atomic mass is 9.99. The van der Waals surface area contributed by atoms with E-state index in [1.165, 1.54) is 37.4 Å². The van der Waals surface area contributed by atoms with Crippen LogP contribution in [0, 0.1) is 12.7 Å². The molecule has 218 valence electrons. The Balaban J connectivity index is 1.81. The van der Waals surface area contributed by atoms with Crippen molar-refractivity contribution in [2.24, 2.45) is 0 Å². The summed E-state index contributed by atoms with van der Waals surface area (Å²) in [6.07, 6.45) is 1.13. The molecule has 3 aromatic rings. The normalized spacial score (nSPS) is 15.4. The fourth-order valence-electron chi connectivity index (χ4n) is 4.51. The number of carbonyl (C=O) groups is 1. The minimum absolute atomic E-state index is 0.00943. The highest BCUT2D eigenvalue weighted by atomic mass is 35.5. The van der Waals surface area contributed by atoms with Gasteiger partial charge in [0.2, 0.25) is 0 Å². The van der Waals surface area contributed by atoms with E-state index in [9.17, 15) is 26.4 Å². The van der Waals surface area contributed by atoms with Crippen LogP contribution in [0.1, 0.15) is 36.5 Å². The number of aryl methyl sites for hydroxylation is 1. The lowest BCUT2D eigenvalue weighted by Gasteiger charge is -2.36. The van der Waals surface area contributed by atoms with Crippen LogP contribution in [0.3, 0.4) is 0 Å². The predicted octanol–water partition coefficient (Wildman–Crippen LogP) is 6.86. The first-order valence-corrected chi connectivity index (χ1v) is 14.3. The van der Waals surface area contributed by atoms with Crippen LogP contribution in [-0.4, -0.2) is 40.8 Å². The van der Waals surface area contributed by atoms with Gasteiger partial charge in [-0.15, -0.1) is 0 Å². The summed E-state index contributed by atoms with van der Waals surface area (Å²) < 4.78 is 84.3. The zero-order chi connectivity index (χ0) is 29.9. The average molecular weight is 610 g/mol. The van der Waals surface area contributed by atoms with Crippen LogP contribution < -0.4 is 13.8 Å². The number of halogens is 4. The summed E-state index contributed by atoms with van der Waals surface area (Å²) >= 11 is 6.24. The van der Waals surface area contributed by atoms with Crippen LogP contribution in [0.15, 0.2) is 59.5 Å². The summed E-state index contributed by atoms with van der Waals surface area (Å²) in [6.45, 7) is 0.166. The molecule has 3 aromatic carbocycles.